The van der Waals surface area contributed by atoms with E-state index in [0.717, 1.165) is 11.4 Å². The van der Waals surface area contributed by atoms with E-state index in [9.17, 15) is 4.79 Å². The van der Waals surface area contributed by atoms with Gasteiger partial charge >= 0.3 is 0 Å². The molecule has 1 aliphatic heterocycles. The second-order valence-electron chi connectivity index (χ2n) is 3.34. The normalized spacial score (nSPS) is 13.3. The quantitative estimate of drug-likeness (QED) is 0.873. The Morgan fingerprint density at radius 2 is 2.12 bits per heavy atom. The van der Waals surface area contributed by atoms with Crippen molar-refractivity contribution in [1.29, 1.82) is 0 Å². The van der Waals surface area contributed by atoms with Gasteiger partial charge in [-0.25, -0.2) is 0 Å². The zero-order valence-corrected chi connectivity index (χ0v) is 9.80. The van der Waals surface area contributed by atoms with Crippen molar-refractivity contribution >= 4 is 23.4 Å². The number of benzene rings is 1. The molecule has 86 valence electrons. The van der Waals surface area contributed by atoms with Crippen LogP contribution in [-0.4, -0.2) is 31.1 Å². The van der Waals surface area contributed by atoms with Gasteiger partial charge in [0, 0.05) is 11.8 Å². The third-order valence-corrected chi connectivity index (χ3v) is 2.65. The van der Waals surface area contributed by atoms with Crippen LogP contribution in [0.5, 0.6) is 11.5 Å². The molecule has 1 heterocycles. The SMILES string of the molecule is CSCC(=O)Nc1ccc2c(c1)OCCO2. The smallest absolute Gasteiger partial charge is 0.234 e. The predicted molar refractivity (Wildman–Crippen MR) is 64.4 cm³/mol. The first-order valence-corrected chi connectivity index (χ1v) is 6.37. The summed E-state index contributed by atoms with van der Waals surface area (Å²) in [5.41, 5.74) is 0.739. The lowest BCUT2D eigenvalue weighted by molar-refractivity contribution is -0.113. The molecule has 1 aliphatic rings. The van der Waals surface area contributed by atoms with Crippen molar-refractivity contribution < 1.29 is 14.3 Å². The highest BCUT2D eigenvalue weighted by atomic mass is 32.2. The molecular formula is C11H13NO3S. The van der Waals surface area contributed by atoms with Crippen LogP contribution in [-0.2, 0) is 4.79 Å². The first-order valence-electron chi connectivity index (χ1n) is 4.98. The molecule has 0 spiro atoms. The third-order valence-electron chi connectivity index (χ3n) is 2.10. The van der Waals surface area contributed by atoms with Crippen LogP contribution in [0.4, 0.5) is 5.69 Å². The second-order valence-corrected chi connectivity index (χ2v) is 4.21. The summed E-state index contributed by atoms with van der Waals surface area (Å²) in [5.74, 6) is 1.86. The highest BCUT2D eigenvalue weighted by Crippen LogP contribution is 2.32. The number of fused-ring (bicyclic) bond motifs is 1. The Morgan fingerprint density at radius 1 is 1.38 bits per heavy atom. The highest BCUT2D eigenvalue weighted by Gasteiger charge is 2.12. The third kappa shape index (κ3) is 2.61. The molecule has 1 N–H and O–H groups in total. The fourth-order valence-electron chi connectivity index (χ4n) is 1.45. The van der Waals surface area contributed by atoms with E-state index in [0.29, 0.717) is 24.7 Å². The van der Waals surface area contributed by atoms with Crippen molar-refractivity contribution in [2.45, 2.75) is 0 Å². The number of carbonyl (C=O) groups is 1. The molecule has 4 nitrogen and oxygen atoms in total. The van der Waals surface area contributed by atoms with E-state index >= 15 is 0 Å². The van der Waals surface area contributed by atoms with Crippen LogP contribution >= 0.6 is 11.8 Å². The molecule has 1 aromatic rings. The average molecular weight is 239 g/mol. The second kappa shape index (κ2) is 5.12. The molecule has 0 radical (unpaired) electrons. The van der Waals surface area contributed by atoms with Gasteiger partial charge in [0.15, 0.2) is 11.5 Å². The zero-order valence-electron chi connectivity index (χ0n) is 8.99. The van der Waals surface area contributed by atoms with E-state index in [1.165, 1.54) is 11.8 Å². The molecular weight excluding hydrogens is 226 g/mol. The molecule has 0 bridgehead atoms. The minimum Gasteiger partial charge on any atom is -0.486 e. The minimum atomic E-state index is -0.0100. The monoisotopic (exact) mass is 239 g/mol. The summed E-state index contributed by atoms with van der Waals surface area (Å²) in [5, 5.41) is 2.80. The van der Waals surface area contributed by atoms with Crippen LogP contribution in [0.1, 0.15) is 0 Å². The molecule has 5 heteroatoms. The molecule has 0 atom stereocenters. The van der Waals surface area contributed by atoms with Gasteiger partial charge in [0.1, 0.15) is 13.2 Å². The maximum absolute atomic E-state index is 11.4. The molecule has 0 aliphatic carbocycles. The number of thioether (sulfide) groups is 1. The van der Waals surface area contributed by atoms with Crippen LogP contribution in [0.2, 0.25) is 0 Å². The predicted octanol–water partition coefficient (Wildman–Crippen LogP) is 1.76. The zero-order chi connectivity index (χ0) is 11.4. The van der Waals surface area contributed by atoms with Crippen LogP contribution in [0.25, 0.3) is 0 Å². The fourth-order valence-corrected chi connectivity index (χ4v) is 1.78. The number of rotatable bonds is 3. The van der Waals surface area contributed by atoms with Gasteiger partial charge in [-0.2, -0.15) is 11.8 Å². The van der Waals surface area contributed by atoms with Crippen molar-refractivity contribution in [2.24, 2.45) is 0 Å². The number of hydrogen-bond donors (Lipinski definition) is 1. The number of nitrogens with one attached hydrogen (secondary N) is 1. The molecule has 1 aromatic carbocycles. The van der Waals surface area contributed by atoms with E-state index in [-0.39, 0.29) is 5.91 Å². The van der Waals surface area contributed by atoms with Gasteiger partial charge in [-0.3, -0.25) is 4.79 Å². The van der Waals surface area contributed by atoms with Gasteiger partial charge in [-0.05, 0) is 18.4 Å². The Bertz CT molecular complexity index is 395. The number of hydrogen-bond acceptors (Lipinski definition) is 4. The van der Waals surface area contributed by atoms with Crippen LogP contribution in [0.15, 0.2) is 18.2 Å². The van der Waals surface area contributed by atoms with Crippen LogP contribution in [0.3, 0.4) is 0 Å². The largest absolute Gasteiger partial charge is 0.486 e. The molecule has 0 fully saturated rings. The van der Waals surface area contributed by atoms with Crippen molar-refractivity contribution in [2.75, 3.05) is 30.5 Å². The van der Waals surface area contributed by atoms with Gasteiger partial charge in [-0.15, -0.1) is 0 Å². The summed E-state index contributed by atoms with van der Waals surface area (Å²) in [6.45, 7) is 1.13. The lowest BCUT2D eigenvalue weighted by Crippen LogP contribution is -2.17. The van der Waals surface area contributed by atoms with Crippen molar-refractivity contribution in [1.82, 2.24) is 0 Å². The van der Waals surface area contributed by atoms with Crippen molar-refractivity contribution in [3.63, 3.8) is 0 Å². The van der Waals surface area contributed by atoms with Gasteiger partial charge in [0.05, 0.1) is 5.75 Å². The average Bonchev–Trinajstić information content (AvgIpc) is 2.29. The Hall–Kier alpha value is -1.36. The molecule has 0 unspecified atom stereocenters. The van der Waals surface area contributed by atoms with Gasteiger partial charge < -0.3 is 14.8 Å². The van der Waals surface area contributed by atoms with Crippen LogP contribution < -0.4 is 14.8 Å². The Labute approximate surface area is 98.3 Å². The maximum atomic E-state index is 11.4. The Kier molecular flexibility index (Phi) is 3.56. The van der Waals surface area contributed by atoms with E-state index in [4.69, 9.17) is 9.47 Å². The number of anilines is 1. The summed E-state index contributed by atoms with van der Waals surface area (Å²) < 4.78 is 10.8. The van der Waals surface area contributed by atoms with Gasteiger partial charge in [-0.1, -0.05) is 0 Å². The molecule has 0 saturated carbocycles. The van der Waals surface area contributed by atoms with Crippen LogP contribution in [0, 0.1) is 0 Å². The summed E-state index contributed by atoms with van der Waals surface area (Å²) in [7, 11) is 0. The molecule has 0 saturated heterocycles. The molecule has 2 rings (SSSR count). The number of carbonyl (C=O) groups excluding carboxylic acids is 1. The number of amides is 1. The summed E-state index contributed by atoms with van der Waals surface area (Å²) in [4.78, 5) is 11.4. The van der Waals surface area contributed by atoms with Crippen molar-refractivity contribution in [3.05, 3.63) is 18.2 Å². The summed E-state index contributed by atoms with van der Waals surface area (Å²) >= 11 is 1.49. The summed E-state index contributed by atoms with van der Waals surface area (Å²) in [6, 6.07) is 5.40. The van der Waals surface area contributed by atoms with Gasteiger partial charge in [0.2, 0.25) is 5.91 Å². The highest BCUT2D eigenvalue weighted by molar-refractivity contribution is 7.99. The van der Waals surface area contributed by atoms with E-state index in [1.807, 2.05) is 18.4 Å². The minimum absolute atomic E-state index is 0.0100. The summed E-state index contributed by atoms with van der Waals surface area (Å²) in [6.07, 6.45) is 1.89. The lowest BCUT2D eigenvalue weighted by Gasteiger charge is -2.18. The maximum Gasteiger partial charge on any atom is 0.234 e. The van der Waals surface area contributed by atoms with Gasteiger partial charge in [0.25, 0.3) is 0 Å². The molecule has 16 heavy (non-hydrogen) atoms. The first kappa shape index (κ1) is 11.1. The topological polar surface area (TPSA) is 47.6 Å². The fraction of sp³-hybridized carbons (Fsp3) is 0.364. The Balaban J connectivity index is 2.08. The lowest BCUT2D eigenvalue weighted by atomic mass is 10.2. The Morgan fingerprint density at radius 3 is 2.88 bits per heavy atom. The van der Waals surface area contributed by atoms with E-state index in [2.05, 4.69) is 5.32 Å². The molecule has 0 aromatic heterocycles. The number of ether oxygens (including phenoxy) is 2. The van der Waals surface area contributed by atoms with Crippen molar-refractivity contribution in [3.8, 4) is 11.5 Å². The molecule has 1 amide bonds. The van der Waals surface area contributed by atoms with E-state index in [1.54, 1.807) is 6.07 Å². The first-order chi connectivity index (χ1) is 7.79. The van der Waals surface area contributed by atoms with E-state index < -0.39 is 0 Å². The standard InChI is InChI=1S/C11H13NO3S/c1-16-7-11(13)12-8-2-3-9-10(6-8)15-5-4-14-9/h2-3,6H,4-5,7H2,1H3,(H,12,13).